The van der Waals surface area contributed by atoms with Crippen LogP contribution in [0.25, 0.3) is 0 Å². The topological polar surface area (TPSA) is 46.5 Å². The summed E-state index contributed by atoms with van der Waals surface area (Å²) in [6.45, 7) is 1.85. The lowest BCUT2D eigenvalue weighted by Crippen LogP contribution is -2.32. The third kappa shape index (κ3) is 2.53. The molecule has 0 radical (unpaired) electrons. The predicted octanol–water partition coefficient (Wildman–Crippen LogP) is 3.50. The molecule has 1 saturated carbocycles. The molecule has 1 aliphatic rings. The summed E-state index contributed by atoms with van der Waals surface area (Å²) in [5, 5.41) is 9.48. The van der Waals surface area contributed by atoms with Crippen LogP contribution in [0.3, 0.4) is 0 Å². The van der Waals surface area contributed by atoms with E-state index in [-0.39, 0.29) is 0 Å². The van der Waals surface area contributed by atoms with Crippen molar-refractivity contribution in [3.8, 4) is 5.75 Å². The van der Waals surface area contributed by atoms with Gasteiger partial charge in [0.25, 0.3) is 0 Å². The second-order valence-electron chi connectivity index (χ2n) is 5.13. The van der Waals surface area contributed by atoms with E-state index >= 15 is 0 Å². The predicted molar refractivity (Wildman–Crippen MR) is 72.9 cm³/mol. The van der Waals surface area contributed by atoms with E-state index in [2.05, 4.69) is 15.9 Å². The van der Waals surface area contributed by atoms with Gasteiger partial charge >= 0.3 is 5.97 Å². The normalized spacial score (nSPS) is 18.2. The minimum atomic E-state index is -0.709. The number of carbonyl (C=O) groups is 1. The lowest BCUT2D eigenvalue weighted by molar-refractivity contribution is -0.149. The number of rotatable bonds is 5. The van der Waals surface area contributed by atoms with Crippen molar-refractivity contribution in [3.05, 3.63) is 28.2 Å². The van der Waals surface area contributed by atoms with Crippen LogP contribution in [0.4, 0.5) is 0 Å². The van der Waals surface area contributed by atoms with Gasteiger partial charge in [-0.05, 0) is 55.9 Å². The molecule has 1 aromatic rings. The number of aliphatic carboxylic acids is 1. The summed E-state index contributed by atoms with van der Waals surface area (Å²) in [6.07, 6.45) is 2.57. The number of halogens is 1. The van der Waals surface area contributed by atoms with Gasteiger partial charge in [0.15, 0.2) is 0 Å². The molecule has 3 nitrogen and oxygen atoms in total. The third-order valence-electron chi connectivity index (χ3n) is 3.78. The molecule has 0 aliphatic heterocycles. The van der Waals surface area contributed by atoms with Crippen LogP contribution in [0.5, 0.6) is 5.75 Å². The van der Waals surface area contributed by atoms with Crippen LogP contribution in [0.1, 0.15) is 25.3 Å². The number of ether oxygens (including phenoxy) is 1. The second kappa shape index (κ2) is 4.92. The summed E-state index contributed by atoms with van der Waals surface area (Å²) in [5.41, 5.74) is 0.320. The molecule has 98 valence electrons. The lowest BCUT2D eigenvalue weighted by Gasteiger charge is -2.25. The number of carboxylic acids is 1. The molecule has 1 unspecified atom stereocenters. The molecule has 0 aromatic heterocycles. The van der Waals surface area contributed by atoms with Gasteiger partial charge in [-0.1, -0.05) is 15.9 Å². The Morgan fingerprint density at radius 3 is 2.72 bits per heavy atom. The Kier molecular flexibility index (Phi) is 3.66. The van der Waals surface area contributed by atoms with Crippen molar-refractivity contribution in [2.75, 3.05) is 7.11 Å². The van der Waals surface area contributed by atoms with E-state index in [9.17, 15) is 9.90 Å². The zero-order valence-corrected chi connectivity index (χ0v) is 12.2. The quantitative estimate of drug-likeness (QED) is 0.905. The standard InChI is InChI=1S/C14H17BrO3/c1-14(13(16)17,10-3-4-10)8-9-7-11(18-2)5-6-12(9)15/h5-7,10H,3-4,8H2,1-2H3,(H,16,17). The van der Waals surface area contributed by atoms with Crippen LogP contribution < -0.4 is 4.74 Å². The molecule has 1 aliphatic carbocycles. The summed E-state index contributed by atoms with van der Waals surface area (Å²) in [6, 6.07) is 5.68. The number of benzene rings is 1. The van der Waals surface area contributed by atoms with Crippen LogP contribution in [0.2, 0.25) is 0 Å². The van der Waals surface area contributed by atoms with Gasteiger partial charge in [0, 0.05) is 4.47 Å². The first-order chi connectivity index (χ1) is 8.47. The fourth-order valence-corrected chi connectivity index (χ4v) is 2.71. The van der Waals surface area contributed by atoms with E-state index in [0.29, 0.717) is 12.3 Å². The maximum absolute atomic E-state index is 11.5. The van der Waals surface area contributed by atoms with E-state index in [1.54, 1.807) is 7.11 Å². The molecule has 0 amide bonds. The SMILES string of the molecule is COc1ccc(Br)c(CC(C)(C(=O)O)C2CC2)c1. The minimum Gasteiger partial charge on any atom is -0.497 e. The highest BCUT2D eigenvalue weighted by atomic mass is 79.9. The molecule has 1 atom stereocenters. The number of carboxylic acid groups (broad SMARTS) is 1. The molecule has 0 saturated heterocycles. The summed E-state index contributed by atoms with van der Waals surface area (Å²) >= 11 is 3.48. The van der Waals surface area contributed by atoms with E-state index in [4.69, 9.17) is 4.74 Å². The van der Waals surface area contributed by atoms with Crippen molar-refractivity contribution in [1.82, 2.24) is 0 Å². The van der Waals surface area contributed by atoms with Gasteiger partial charge in [-0.3, -0.25) is 4.79 Å². The van der Waals surface area contributed by atoms with Crippen LogP contribution in [0, 0.1) is 11.3 Å². The number of hydrogen-bond acceptors (Lipinski definition) is 2. The molecular formula is C14H17BrO3. The third-order valence-corrected chi connectivity index (χ3v) is 4.55. The number of methoxy groups -OCH3 is 1. The summed E-state index contributed by atoms with van der Waals surface area (Å²) in [4.78, 5) is 11.5. The van der Waals surface area contributed by atoms with Gasteiger partial charge < -0.3 is 9.84 Å². The first-order valence-electron chi connectivity index (χ1n) is 6.03. The summed E-state index contributed by atoms with van der Waals surface area (Å²) in [7, 11) is 1.62. The van der Waals surface area contributed by atoms with Crippen molar-refractivity contribution in [1.29, 1.82) is 0 Å². The number of hydrogen-bond donors (Lipinski definition) is 1. The van der Waals surface area contributed by atoms with Crippen molar-refractivity contribution in [3.63, 3.8) is 0 Å². The maximum Gasteiger partial charge on any atom is 0.309 e. The van der Waals surface area contributed by atoms with Crippen molar-refractivity contribution < 1.29 is 14.6 Å². The van der Waals surface area contributed by atoms with Gasteiger partial charge in [-0.15, -0.1) is 0 Å². The highest BCUT2D eigenvalue weighted by Crippen LogP contribution is 2.48. The Hall–Kier alpha value is -1.03. The highest BCUT2D eigenvalue weighted by molar-refractivity contribution is 9.10. The molecule has 0 spiro atoms. The van der Waals surface area contributed by atoms with Crippen LogP contribution >= 0.6 is 15.9 Å². The Morgan fingerprint density at radius 1 is 1.56 bits per heavy atom. The van der Waals surface area contributed by atoms with Crippen LogP contribution in [-0.4, -0.2) is 18.2 Å². The van der Waals surface area contributed by atoms with E-state index in [1.165, 1.54) is 0 Å². The molecule has 2 rings (SSSR count). The first kappa shape index (κ1) is 13.4. The fourth-order valence-electron chi connectivity index (χ4n) is 2.32. The molecule has 1 N–H and O–H groups in total. The van der Waals surface area contributed by atoms with Gasteiger partial charge in [0.2, 0.25) is 0 Å². The molecular weight excluding hydrogens is 296 g/mol. The zero-order valence-electron chi connectivity index (χ0n) is 10.6. The van der Waals surface area contributed by atoms with Gasteiger partial charge in [0.05, 0.1) is 12.5 Å². The van der Waals surface area contributed by atoms with Gasteiger partial charge in [-0.25, -0.2) is 0 Å². The largest absolute Gasteiger partial charge is 0.497 e. The van der Waals surface area contributed by atoms with Crippen molar-refractivity contribution in [2.45, 2.75) is 26.2 Å². The molecule has 0 heterocycles. The average molecular weight is 313 g/mol. The van der Waals surface area contributed by atoms with Crippen LogP contribution in [0.15, 0.2) is 22.7 Å². The summed E-state index contributed by atoms with van der Waals surface area (Å²) in [5.74, 6) is 0.351. The van der Waals surface area contributed by atoms with E-state index < -0.39 is 11.4 Å². The fraction of sp³-hybridized carbons (Fsp3) is 0.500. The monoisotopic (exact) mass is 312 g/mol. The van der Waals surface area contributed by atoms with E-state index in [1.807, 2.05) is 25.1 Å². The molecule has 1 aromatic carbocycles. The average Bonchev–Trinajstić information content (AvgIpc) is 3.15. The van der Waals surface area contributed by atoms with Crippen molar-refractivity contribution >= 4 is 21.9 Å². The zero-order chi connectivity index (χ0) is 13.3. The second-order valence-corrected chi connectivity index (χ2v) is 5.99. The Morgan fingerprint density at radius 2 is 2.22 bits per heavy atom. The smallest absolute Gasteiger partial charge is 0.309 e. The molecule has 4 heteroatoms. The van der Waals surface area contributed by atoms with Gasteiger partial charge in [-0.2, -0.15) is 0 Å². The Bertz CT molecular complexity index is 468. The Labute approximate surface area is 115 Å². The maximum atomic E-state index is 11.5. The van der Waals surface area contributed by atoms with E-state index in [0.717, 1.165) is 28.6 Å². The molecule has 0 bridgehead atoms. The van der Waals surface area contributed by atoms with Gasteiger partial charge in [0.1, 0.15) is 5.75 Å². The first-order valence-corrected chi connectivity index (χ1v) is 6.82. The lowest BCUT2D eigenvalue weighted by atomic mass is 9.79. The minimum absolute atomic E-state index is 0.299. The highest BCUT2D eigenvalue weighted by Gasteiger charge is 2.47. The Balaban J connectivity index is 2.29. The molecule has 1 fully saturated rings. The van der Waals surface area contributed by atoms with Crippen molar-refractivity contribution in [2.24, 2.45) is 11.3 Å². The van der Waals surface area contributed by atoms with Crippen LogP contribution in [-0.2, 0) is 11.2 Å². The summed E-state index contributed by atoms with van der Waals surface area (Å²) < 4.78 is 6.13. The molecule has 18 heavy (non-hydrogen) atoms.